The van der Waals surface area contributed by atoms with Crippen molar-refractivity contribution in [1.82, 2.24) is 15.2 Å². The number of anilines is 1. The van der Waals surface area contributed by atoms with E-state index in [-0.39, 0.29) is 0 Å². The van der Waals surface area contributed by atoms with Crippen LogP contribution < -0.4 is 4.90 Å². The number of likely N-dealkylation sites (N-methyl/N-ethyl adjacent to an activating group) is 1. The second-order valence-electron chi connectivity index (χ2n) is 7.55. The van der Waals surface area contributed by atoms with Gasteiger partial charge in [-0.05, 0) is 38.1 Å². The zero-order chi connectivity index (χ0) is 23.5. The molecule has 2 heterocycles. The fourth-order valence-corrected chi connectivity index (χ4v) is 4.85. The Morgan fingerprint density at radius 2 is 1.81 bits per heavy atom. The molecule has 0 amide bonds. The van der Waals surface area contributed by atoms with E-state index in [2.05, 4.69) is 15.2 Å². The lowest BCUT2D eigenvalue weighted by Crippen LogP contribution is -2.26. The molecule has 0 fully saturated rings. The first-order chi connectivity index (χ1) is 15.0. The number of nitrogens with zero attached hydrogens (tertiary/aromatic N) is 4. The summed E-state index contributed by atoms with van der Waals surface area (Å²) in [6.45, 7) is 3.90. The Bertz CT molecular complexity index is 1070. The van der Waals surface area contributed by atoms with Crippen LogP contribution in [-0.2, 0) is 17.4 Å². The Hall–Kier alpha value is -2.66. The lowest BCUT2D eigenvalue weighted by Gasteiger charge is -2.17. The third-order valence-electron chi connectivity index (χ3n) is 4.64. The monoisotopic (exact) mass is 482 g/mol. The van der Waals surface area contributed by atoms with Gasteiger partial charge in [0.15, 0.2) is 10.2 Å². The lowest BCUT2D eigenvalue weighted by molar-refractivity contribution is -0.139. The van der Waals surface area contributed by atoms with Gasteiger partial charge >= 0.3 is 12.1 Å². The van der Waals surface area contributed by atoms with Crippen LogP contribution in [0.2, 0.25) is 0 Å². The number of thiazole rings is 1. The second-order valence-corrected chi connectivity index (χ2v) is 10.3. The largest absolute Gasteiger partial charge is 0.480 e. The van der Waals surface area contributed by atoms with Gasteiger partial charge in [0.1, 0.15) is 4.75 Å². The van der Waals surface area contributed by atoms with Crippen LogP contribution in [0.15, 0.2) is 46.1 Å². The first-order valence-electron chi connectivity index (χ1n) is 9.55. The maximum atomic E-state index is 12.7. The highest BCUT2D eigenvalue weighted by Gasteiger charge is 2.30. The minimum absolute atomic E-state index is 0.484. The van der Waals surface area contributed by atoms with Gasteiger partial charge in [-0.1, -0.05) is 23.9 Å². The topological polar surface area (TPSA) is 79.2 Å². The number of rotatable bonds is 8. The molecule has 3 aromatic rings. The van der Waals surface area contributed by atoms with E-state index in [4.69, 9.17) is 0 Å². The summed E-state index contributed by atoms with van der Waals surface area (Å²) in [5.74, 6) is -0.269. The van der Waals surface area contributed by atoms with Crippen molar-refractivity contribution in [2.24, 2.45) is 0 Å². The van der Waals surface area contributed by atoms with Crippen molar-refractivity contribution in [2.45, 2.75) is 35.5 Å². The average molecular weight is 483 g/mol. The van der Waals surface area contributed by atoms with E-state index in [1.807, 2.05) is 17.3 Å². The number of carboxylic acids is 1. The van der Waals surface area contributed by atoms with Gasteiger partial charge in [0.25, 0.3) is 0 Å². The highest BCUT2D eigenvalue weighted by molar-refractivity contribution is 8.02. The molecule has 2 aromatic heterocycles. The summed E-state index contributed by atoms with van der Waals surface area (Å²) in [5.41, 5.74) is 1.19. The van der Waals surface area contributed by atoms with Crippen molar-refractivity contribution >= 4 is 34.9 Å². The van der Waals surface area contributed by atoms with Gasteiger partial charge in [0.2, 0.25) is 0 Å². The Balaban J connectivity index is 1.58. The normalized spacial score (nSPS) is 12.1. The van der Waals surface area contributed by atoms with Crippen LogP contribution in [0.4, 0.5) is 19.0 Å². The predicted molar refractivity (Wildman–Crippen MR) is 119 cm³/mol. The van der Waals surface area contributed by atoms with Gasteiger partial charge in [-0.25, -0.2) is 4.98 Å². The van der Waals surface area contributed by atoms with Gasteiger partial charge in [-0.3, -0.25) is 4.79 Å². The molecule has 0 saturated heterocycles. The minimum Gasteiger partial charge on any atom is -0.480 e. The first-order valence-corrected chi connectivity index (χ1v) is 11.2. The highest BCUT2D eigenvalue weighted by Crippen LogP contribution is 2.35. The van der Waals surface area contributed by atoms with Crippen molar-refractivity contribution < 1.29 is 23.1 Å². The Morgan fingerprint density at radius 3 is 2.38 bits per heavy atom. The quantitative estimate of drug-likeness (QED) is 0.439. The maximum Gasteiger partial charge on any atom is 0.416 e. The molecule has 0 atom stereocenters. The zero-order valence-corrected chi connectivity index (χ0v) is 19.2. The Morgan fingerprint density at radius 1 is 1.12 bits per heavy atom. The molecule has 0 saturated carbocycles. The third kappa shape index (κ3) is 5.98. The standard InChI is InChI=1S/C21H21F3N4O2S2/c1-20(2,18(29)30)32-19-25-15(12-31-19)10-11-28(3)17-9-8-16(26-27-17)13-4-6-14(7-5-13)21(22,23)24/h4-9,12H,10-11H2,1-3H3,(H,29,30). The smallest absolute Gasteiger partial charge is 0.416 e. The Labute approximate surface area is 191 Å². The number of hydrogen-bond acceptors (Lipinski definition) is 7. The number of aromatic nitrogens is 3. The first kappa shape index (κ1) is 24.0. The summed E-state index contributed by atoms with van der Waals surface area (Å²) < 4.78 is 37.9. The fraction of sp³-hybridized carbons (Fsp3) is 0.333. The second kappa shape index (κ2) is 9.45. The average Bonchev–Trinajstić information content (AvgIpc) is 3.18. The number of benzene rings is 1. The van der Waals surface area contributed by atoms with Crippen LogP contribution >= 0.6 is 23.1 Å². The summed E-state index contributed by atoms with van der Waals surface area (Å²) >= 11 is 2.63. The maximum absolute atomic E-state index is 12.7. The Kier molecular flexibility index (Phi) is 7.09. The van der Waals surface area contributed by atoms with E-state index in [0.29, 0.717) is 34.4 Å². The van der Waals surface area contributed by atoms with E-state index >= 15 is 0 Å². The number of carboxylic acid groups (broad SMARTS) is 1. The molecule has 0 aliphatic heterocycles. The number of aliphatic carboxylic acids is 1. The molecule has 6 nitrogen and oxygen atoms in total. The van der Waals surface area contributed by atoms with E-state index < -0.39 is 22.5 Å². The predicted octanol–water partition coefficient (Wildman–Crippen LogP) is 5.25. The number of hydrogen-bond donors (Lipinski definition) is 1. The molecule has 170 valence electrons. The van der Waals surface area contributed by atoms with Gasteiger partial charge in [0.05, 0.1) is 17.0 Å². The molecule has 0 radical (unpaired) electrons. The summed E-state index contributed by atoms with van der Waals surface area (Å²) in [4.78, 5) is 17.7. The molecule has 0 aliphatic rings. The highest BCUT2D eigenvalue weighted by atomic mass is 32.2. The van der Waals surface area contributed by atoms with E-state index in [1.165, 1.54) is 35.2 Å². The van der Waals surface area contributed by atoms with Crippen LogP contribution in [0.3, 0.4) is 0 Å². The molecule has 32 heavy (non-hydrogen) atoms. The summed E-state index contributed by atoms with van der Waals surface area (Å²) in [6.07, 6.45) is -3.73. The van der Waals surface area contributed by atoms with Crippen LogP contribution in [0, 0.1) is 0 Å². The number of alkyl halides is 3. The SMILES string of the molecule is CN(CCc1csc(SC(C)(C)C(=O)O)n1)c1ccc(-c2ccc(C(F)(F)F)cc2)nn1. The minimum atomic E-state index is -4.37. The molecule has 11 heteroatoms. The van der Waals surface area contributed by atoms with Crippen LogP contribution in [0.1, 0.15) is 25.1 Å². The van der Waals surface area contributed by atoms with Crippen molar-refractivity contribution in [3.8, 4) is 11.3 Å². The molecular weight excluding hydrogens is 461 g/mol. The fourth-order valence-electron chi connectivity index (χ4n) is 2.62. The third-order valence-corrected chi connectivity index (χ3v) is 6.81. The van der Waals surface area contributed by atoms with Crippen molar-refractivity contribution in [2.75, 3.05) is 18.5 Å². The molecule has 0 unspecified atom stereocenters. The van der Waals surface area contributed by atoms with Crippen molar-refractivity contribution in [3.05, 3.63) is 53.0 Å². The van der Waals surface area contributed by atoms with Gasteiger partial charge in [-0.2, -0.15) is 13.2 Å². The van der Waals surface area contributed by atoms with Crippen LogP contribution in [-0.4, -0.2) is 44.6 Å². The van der Waals surface area contributed by atoms with E-state index in [9.17, 15) is 23.1 Å². The molecule has 0 aliphatic carbocycles. The number of carbonyl (C=O) groups is 1. The van der Waals surface area contributed by atoms with E-state index in [1.54, 1.807) is 26.0 Å². The van der Waals surface area contributed by atoms with E-state index in [0.717, 1.165) is 17.8 Å². The summed E-state index contributed by atoms with van der Waals surface area (Å²) in [7, 11) is 1.86. The van der Waals surface area contributed by atoms with Crippen LogP contribution in [0.25, 0.3) is 11.3 Å². The van der Waals surface area contributed by atoms with Crippen molar-refractivity contribution in [3.63, 3.8) is 0 Å². The van der Waals surface area contributed by atoms with Crippen LogP contribution in [0.5, 0.6) is 0 Å². The zero-order valence-electron chi connectivity index (χ0n) is 17.6. The molecule has 0 spiro atoms. The van der Waals surface area contributed by atoms with Gasteiger partial charge in [0, 0.05) is 31.0 Å². The lowest BCUT2D eigenvalue weighted by atomic mass is 10.1. The summed E-state index contributed by atoms with van der Waals surface area (Å²) in [6, 6.07) is 8.27. The van der Waals surface area contributed by atoms with Gasteiger partial charge < -0.3 is 10.0 Å². The molecular formula is C21H21F3N4O2S2. The summed E-state index contributed by atoms with van der Waals surface area (Å²) in [5, 5.41) is 19.5. The molecule has 1 aromatic carbocycles. The van der Waals surface area contributed by atoms with Gasteiger partial charge in [-0.15, -0.1) is 21.5 Å². The molecule has 3 rings (SSSR count). The number of halogens is 3. The van der Waals surface area contributed by atoms with Crippen molar-refractivity contribution in [1.29, 1.82) is 0 Å². The molecule has 1 N–H and O–H groups in total. The molecule has 0 bridgehead atoms. The number of thioether (sulfide) groups is 1.